The summed E-state index contributed by atoms with van der Waals surface area (Å²) in [6.45, 7) is 0. The fourth-order valence-electron chi connectivity index (χ4n) is 1.81. The quantitative estimate of drug-likeness (QED) is 0.725. The molecule has 0 aliphatic rings. The topological polar surface area (TPSA) is 20.2 Å². The van der Waals surface area contributed by atoms with Gasteiger partial charge in [-0.3, -0.25) is 0 Å². The van der Waals surface area contributed by atoms with E-state index in [0.29, 0.717) is 16.1 Å². The van der Waals surface area contributed by atoms with E-state index in [2.05, 4.69) is 42.6 Å². The second-order valence-electron chi connectivity index (χ2n) is 3.92. The number of benzene rings is 2. The van der Waals surface area contributed by atoms with Gasteiger partial charge in [0.05, 0.1) is 0 Å². The van der Waals surface area contributed by atoms with Gasteiger partial charge >= 0.3 is 0 Å². The largest absolute Gasteiger partial charge is 0.369 e. The van der Waals surface area contributed by atoms with Gasteiger partial charge in [0.25, 0.3) is 0 Å². The highest BCUT2D eigenvalue weighted by Crippen LogP contribution is 2.34. The Kier molecular flexibility index (Phi) is 4.70. The lowest BCUT2D eigenvalue weighted by Gasteiger charge is -2.24. The number of hydrogen-bond acceptors (Lipinski definition) is 1. The predicted molar refractivity (Wildman–Crippen MR) is 85.3 cm³/mol. The molecule has 0 saturated heterocycles. The number of hydrogen-bond donors (Lipinski definition) is 1. The lowest BCUT2D eigenvalue weighted by atomic mass is 9.87. The second-order valence-corrected chi connectivity index (χ2v) is 5.64. The average molecular weight is 400 g/mol. The molecule has 2 aromatic rings. The van der Waals surface area contributed by atoms with Crippen LogP contribution in [0.4, 0.5) is 0 Å². The fraction of sp³-hybridized carbons (Fsp3) is 0.0667. The Morgan fingerprint density at radius 1 is 1.05 bits per heavy atom. The summed E-state index contributed by atoms with van der Waals surface area (Å²) in [5, 5.41) is 11.4. The Morgan fingerprint density at radius 2 is 1.68 bits per heavy atom. The van der Waals surface area contributed by atoms with E-state index < -0.39 is 5.60 Å². The van der Waals surface area contributed by atoms with Crippen molar-refractivity contribution < 1.29 is 5.11 Å². The first-order chi connectivity index (χ1) is 9.08. The Bertz CT molecular complexity index is 643. The van der Waals surface area contributed by atoms with Crippen LogP contribution in [0.5, 0.6) is 0 Å². The molecule has 0 amide bonds. The first-order valence-corrected chi connectivity index (χ1v) is 7.40. The summed E-state index contributed by atoms with van der Waals surface area (Å²) in [5.41, 5.74) is -0.218. The SMILES string of the molecule is OC(C#CBr)(c1ccc(Br)cc1)c1ccccc1Cl. The van der Waals surface area contributed by atoms with Crippen LogP contribution in [-0.2, 0) is 5.60 Å². The van der Waals surface area contributed by atoms with Crippen molar-refractivity contribution in [2.24, 2.45) is 0 Å². The van der Waals surface area contributed by atoms with Crippen LogP contribution in [0.15, 0.2) is 53.0 Å². The molecule has 1 nitrogen and oxygen atoms in total. The van der Waals surface area contributed by atoms with Crippen LogP contribution >= 0.6 is 43.5 Å². The molecule has 0 saturated carbocycles. The van der Waals surface area contributed by atoms with Gasteiger partial charge in [0.2, 0.25) is 0 Å². The molecule has 0 aliphatic carbocycles. The number of aliphatic hydroxyl groups is 1. The van der Waals surface area contributed by atoms with Crippen LogP contribution < -0.4 is 0 Å². The van der Waals surface area contributed by atoms with Crippen molar-refractivity contribution in [3.05, 3.63) is 69.2 Å². The molecule has 0 fully saturated rings. The van der Waals surface area contributed by atoms with Crippen molar-refractivity contribution in [1.29, 1.82) is 0 Å². The van der Waals surface area contributed by atoms with Crippen LogP contribution in [0, 0.1) is 10.8 Å². The van der Waals surface area contributed by atoms with Crippen LogP contribution in [0.3, 0.4) is 0 Å². The Labute approximate surface area is 133 Å². The lowest BCUT2D eigenvalue weighted by molar-refractivity contribution is 0.145. The third kappa shape index (κ3) is 3.04. The maximum atomic E-state index is 10.9. The van der Waals surface area contributed by atoms with Crippen LogP contribution in [-0.4, -0.2) is 5.11 Å². The van der Waals surface area contributed by atoms with E-state index in [1.165, 1.54) is 0 Å². The highest BCUT2D eigenvalue weighted by Gasteiger charge is 2.31. The molecule has 1 unspecified atom stereocenters. The minimum atomic E-state index is -1.44. The van der Waals surface area contributed by atoms with Crippen molar-refractivity contribution in [2.75, 3.05) is 0 Å². The van der Waals surface area contributed by atoms with E-state index in [4.69, 9.17) is 11.6 Å². The molecule has 1 N–H and O–H groups in total. The molecule has 1 atom stereocenters. The molecular formula is C15H9Br2ClO. The maximum absolute atomic E-state index is 10.9. The summed E-state index contributed by atoms with van der Waals surface area (Å²) in [7, 11) is 0. The van der Waals surface area contributed by atoms with Crippen molar-refractivity contribution in [2.45, 2.75) is 5.60 Å². The number of rotatable bonds is 2. The molecule has 0 aromatic heterocycles. The van der Waals surface area contributed by atoms with Gasteiger partial charge in [0, 0.05) is 36.6 Å². The summed E-state index contributed by atoms with van der Waals surface area (Å²) in [4.78, 5) is 2.59. The lowest BCUT2D eigenvalue weighted by Crippen LogP contribution is -2.25. The fourth-order valence-corrected chi connectivity index (χ4v) is 2.63. The molecule has 0 bridgehead atoms. The first-order valence-electron chi connectivity index (χ1n) is 5.44. The van der Waals surface area contributed by atoms with Gasteiger partial charge in [-0.15, -0.1) is 0 Å². The Hall–Kier alpha value is -0.790. The zero-order chi connectivity index (χ0) is 13.9. The smallest absolute Gasteiger partial charge is 0.179 e. The first kappa shape index (κ1) is 14.6. The van der Waals surface area contributed by atoms with E-state index in [9.17, 15) is 5.11 Å². The monoisotopic (exact) mass is 398 g/mol. The van der Waals surface area contributed by atoms with Crippen LogP contribution in [0.1, 0.15) is 11.1 Å². The number of halogens is 3. The molecule has 2 rings (SSSR count). The average Bonchev–Trinajstić information content (AvgIpc) is 2.40. The third-order valence-corrected chi connectivity index (χ3v) is 3.81. The standard InChI is InChI=1S/C15H9Br2ClO/c16-10-9-15(19,11-5-7-12(17)8-6-11)13-3-1-2-4-14(13)18/h1-8,19H. The van der Waals surface area contributed by atoms with Gasteiger partial charge in [0.1, 0.15) is 0 Å². The van der Waals surface area contributed by atoms with Crippen LogP contribution in [0.2, 0.25) is 5.02 Å². The minimum absolute atomic E-state index is 0.475. The molecule has 19 heavy (non-hydrogen) atoms. The van der Waals surface area contributed by atoms with Crippen molar-refractivity contribution in [1.82, 2.24) is 0 Å². The predicted octanol–water partition coefficient (Wildman–Crippen LogP) is 4.69. The van der Waals surface area contributed by atoms with E-state index in [1.54, 1.807) is 12.1 Å². The van der Waals surface area contributed by atoms with E-state index in [1.807, 2.05) is 36.4 Å². The van der Waals surface area contributed by atoms with Crippen molar-refractivity contribution in [3.63, 3.8) is 0 Å². The Morgan fingerprint density at radius 3 is 2.26 bits per heavy atom. The van der Waals surface area contributed by atoms with Gasteiger partial charge in [0.15, 0.2) is 5.60 Å². The van der Waals surface area contributed by atoms with Crippen LogP contribution in [0.25, 0.3) is 0 Å². The molecular weight excluding hydrogens is 391 g/mol. The molecule has 0 radical (unpaired) electrons. The summed E-state index contributed by atoms with van der Waals surface area (Å²) >= 11 is 12.6. The molecule has 0 aliphatic heterocycles. The summed E-state index contributed by atoms with van der Waals surface area (Å²) in [6, 6.07) is 14.5. The summed E-state index contributed by atoms with van der Waals surface area (Å²) < 4.78 is 0.935. The van der Waals surface area contributed by atoms with E-state index in [-0.39, 0.29) is 0 Å². The second kappa shape index (κ2) is 6.11. The Balaban J connectivity index is 2.64. The van der Waals surface area contributed by atoms with E-state index >= 15 is 0 Å². The van der Waals surface area contributed by atoms with Gasteiger partial charge in [-0.2, -0.15) is 0 Å². The molecule has 2 aromatic carbocycles. The maximum Gasteiger partial charge on any atom is 0.179 e. The molecule has 96 valence electrons. The zero-order valence-corrected chi connectivity index (χ0v) is 13.6. The van der Waals surface area contributed by atoms with E-state index in [0.717, 1.165) is 4.47 Å². The highest BCUT2D eigenvalue weighted by molar-refractivity contribution is 9.12. The van der Waals surface area contributed by atoms with Gasteiger partial charge in [-0.05, 0) is 28.9 Å². The van der Waals surface area contributed by atoms with Crippen molar-refractivity contribution in [3.8, 4) is 10.8 Å². The summed E-state index contributed by atoms with van der Waals surface area (Å²) in [6.07, 6.45) is 0. The third-order valence-electron chi connectivity index (χ3n) is 2.75. The summed E-state index contributed by atoms with van der Waals surface area (Å²) in [5.74, 6) is 2.77. The minimum Gasteiger partial charge on any atom is -0.369 e. The van der Waals surface area contributed by atoms with Crippen molar-refractivity contribution >= 4 is 43.5 Å². The van der Waals surface area contributed by atoms with Gasteiger partial charge in [-0.25, -0.2) is 0 Å². The zero-order valence-electron chi connectivity index (χ0n) is 9.70. The highest BCUT2D eigenvalue weighted by atomic mass is 79.9. The van der Waals surface area contributed by atoms with Gasteiger partial charge in [-0.1, -0.05) is 57.9 Å². The molecule has 0 heterocycles. The normalized spacial score (nSPS) is 13.3. The molecule has 4 heteroatoms. The molecule has 0 spiro atoms. The van der Waals surface area contributed by atoms with Gasteiger partial charge < -0.3 is 5.11 Å².